The van der Waals surface area contributed by atoms with E-state index in [1.807, 2.05) is 30.5 Å². The Labute approximate surface area is 174 Å². The maximum atomic E-state index is 12.6. The highest BCUT2D eigenvalue weighted by atomic mass is 32.2. The van der Waals surface area contributed by atoms with Gasteiger partial charge in [0.2, 0.25) is 0 Å². The van der Waals surface area contributed by atoms with E-state index < -0.39 is 9.84 Å². The van der Waals surface area contributed by atoms with Crippen LogP contribution in [0.1, 0.15) is 27.4 Å². The largest absolute Gasteiger partial charge is 0.455 e. The van der Waals surface area contributed by atoms with Crippen molar-refractivity contribution in [2.45, 2.75) is 24.0 Å². The van der Waals surface area contributed by atoms with Gasteiger partial charge in [-0.05, 0) is 48.7 Å². The summed E-state index contributed by atoms with van der Waals surface area (Å²) < 4.78 is 30.8. The lowest BCUT2D eigenvalue weighted by molar-refractivity contribution is 0.0925. The number of carbonyl (C=O) groups is 1. The fourth-order valence-corrected chi connectivity index (χ4v) is 5.01. The summed E-state index contributed by atoms with van der Waals surface area (Å²) in [5, 5.41) is 3.96. The quantitative estimate of drug-likeness (QED) is 0.471. The van der Waals surface area contributed by atoms with E-state index in [2.05, 4.69) is 10.3 Å². The molecule has 2 heterocycles. The number of aryl methyl sites for hydroxylation is 1. The van der Waals surface area contributed by atoms with E-state index in [1.54, 1.807) is 31.2 Å². The van der Waals surface area contributed by atoms with Gasteiger partial charge in [0, 0.05) is 23.6 Å². The highest BCUT2D eigenvalue weighted by Crippen LogP contribution is 2.21. The number of aromatic nitrogens is 1. The summed E-state index contributed by atoms with van der Waals surface area (Å²) in [4.78, 5) is 15.9. The highest BCUT2D eigenvalue weighted by molar-refractivity contribution is 7.90. The Balaban J connectivity index is 1.37. The molecular formula is C23H22N2O4S. The molecule has 2 N–H and O–H groups in total. The first kappa shape index (κ1) is 20.0. The van der Waals surface area contributed by atoms with Crippen molar-refractivity contribution in [3.63, 3.8) is 0 Å². The van der Waals surface area contributed by atoms with Crippen LogP contribution in [0, 0.1) is 6.92 Å². The lowest BCUT2D eigenvalue weighted by Crippen LogP contribution is -2.25. The molecule has 0 aliphatic carbocycles. The van der Waals surface area contributed by atoms with Crippen LogP contribution in [0.2, 0.25) is 0 Å². The SMILES string of the molecule is Cc1ccccc1S(=O)(=O)Cc1ccc(C(=O)NCCc2c[nH]c3ccccc23)o1. The number of rotatable bonds is 7. The molecule has 0 unspecified atom stereocenters. The zero-order chi connectivity index (χ0) is 21.1. The van der Waals surface area contributed by atoms with E-state index in [1.165, 1.54) is 12.1 Å². The number of benzene rings is 2. The first-order valence-electron chi connectivity index (χ1n) is 9.64. The number of fused-ring (bicyclic) bond motifs is 1. The van der Waals surface area contributed by atoms with Gasteiger partial charge in [0.1, 0.15) is 11.5 Å². The molecule has 0 radical (unpaired) electrons. The number of carbonyl (C=O) groups excluding carboxylic acids is 1. The summed E-state index contributed by atoms with van der Waals surface area (Å²) >= 11 is 0. The minimum absolute atomic E-state index is 0.101. The molecule has 0 saturated carbocycles. The van der Waals surface area contributed by atoms with Crippen molar-refractivity contribution in [3.8, 4) is 0 Å². The third kappa shape index (κ3) is 4.16. The molecule has 154 valence electrons. The van der Waals surface area contributed by atoms with Crippen LogP contribution in [0.3, 0.4) is 0 Å². The maximum Gasteiger partial charge on any atom is 0.287 e. The number of hydrogen-bond donors (Lipinski definition) is 2. The molecule has 1 amide bonds. The second kappa shape index (κ2) is 8.20. The average Bonchev–Trinajstić information content (AvgIpc) is 3.35. The van der Waals surface area contributed by atoms with Crippen LogP contribution in [-0.4, -0.2) is 25.9 Å². The summed E-state index contributed by atoms with van der Waals surface area (Å²) in [5.41, 5.74) is 2.86. The van der Waals surface area contributed by atoms with Crippen molar-refractivity contribution >= 4 is 26.6 Å². The molecule has 0 spiro atoms. The normalized spacial score (nSPS) is 11.6. The molecule has 4 aromatic rings. The Kier molecular flexibility index (Phi) is 5.46. The molecule has 0 atom stereocenters. The Morgan fingerprint density at radius 1 is 1.03 bits per heavy atom. The minimum Gasteiger partial charge on any atom is -0.455 e. The molecule has 30 heavy (non-hydrogen) atoms. The van der Waals surface area contributed by atoms with Crippen LogP contribution in [-0.2, 0) is 22.0 Å². The van der Waals surface area contributed by atoms with Crippen LogP contribution in [0.5, 0.6) is 0 Å². The van der Waals surface area contributed by atoms with Crippen molar-refractivity contribution in [3.05, 3.63) is 89.5 Å². The van der Waals surface area contributed by atoms with Crippen molar-refractivity contribution in [2.24, 2.45) is 0 Å². The summed E-state index contributed by atoms with van der Waals surface area (Å²) in [7, 11) is -3.55. The third-order valence-corrected chi connectivity index (χ3v) is 6.79. The van der Waals surface area contributed by atoms with E-state index in [9.17, 15) is 13.2 Å². The third-order valence-electron chi connectivity index (χ3n) is 5.00. The van der Waals surface area contributed by atoms with Gasteiger partial charge in [-0.15, -0.1) is 0 Å². The van der Waals surface area contributed by atoms with E-state index >= 15 is 0 Å². The number of hydrogen-bond acceptors (Lipinski definition) is 4. The minimum atomic E-state index is -3.55. The van der Waals surface area contributed by atoms with Crippen molar-refractivity contribution in [1.29, 1.82) is 0 Å². The number of nitrogens with one attached hydrogen (secondary N) is 2. The van der Waals surface area contributed by atoms with E-state index in [0.29, 0.717) is 18.5 Å². The number of H-pyrrole nitrogens is 1. The summed E-state index contributed by atoms with van der Waals surface area (Å²) in [6.45, 7) is 2.19. The van der Waals surface area contributed by atoms with Crippen molar-refractivity contribution < 1.29 is 17.6 Å². The Morgan fingerprint density at radius 2 is 1.80 bits per heavy atom. The lowest BCUT2D eigenvalue weighted by Gasteiger charge is -2.06. The maximum absolute atomic E-state index is 12.6. The highest BCUT2D eigenvalue weighted by Gasteiger charge is 2.20. The molecular weight excluding hydrogens is 400 g/mol. The number of amides is 1. The van der Waals surface area contributed by atoms with Crippen LogP contribution in [0.15, 0.2) is 76.2 Å². The van der Waals surface area contributed by atoms with Gasteiger partial charge in [0.15, 0.2) is 15.6 Å². The predicted molar refractivity (Wildman–Crippen MR) is 115 cm³/mol. The fourth-order valence-electron chi connectivity index (χ4n) is 3.48. The lowest BCUT2D eigenvalue weighted by atomic mass is 10.1. The Bertz CT molecular complexity index is 1300. The molecule has 4 rings (SSSR count). The zero-order valence-electron chi connectivity index (χ0n) is 16.5. The topological polar surface area (TPSA) is 92.2 Å². The van der Waals surface area contributed by atoms with Gasteiger partial charge in [0.25, 0.3) is 5.91 Å². The average molecular weight is 423 g/mol. The summed E-state index contributed by atoms with van der Waals surface area (Å²) in [5.74, 6) is -0.321. The van der Waals surface area contributed by atoms with Crippen LogP contribution >= 0.6 is 0 Å². The Hall–Kier alpha value is -3.32. The smallest absolute Gasteiger partial charge is 0.287 e. The van der Waals surface area contributed by atoms with Crippen LogP contribution in [0.4, 0.5) is 0 Å². The molecule has 6 nitrogen and oxygen atoms in total. The number of aromatic amines is 1. The molecule has 0 aliphatic rings. The van der Waals surface area contributed by atoms with E-state index in [0.717, 1.165) is 16.5 Å². The summed E-state index contributed by atoms with van der Waals surface area (Å²) in [6.07, 6.45) is 2.61. The molecule has 0 bridgehead atoms. The van der Waals surface area contributed by atoms with Gasteiger partial charge in [-0.3, -0.25) is 4.79 Å². The monoisotopic (exact) mass is 422 g/mol. The van der Waals surface area contributed by atoms with Crippen molar-refractivity contribution in [2.75, 3.05) is 6.54 Å². The van der Waals surface area contributed by atoms with Crippen molar-refractivity contribution in [1.82, 2.24) is 10.3 Å². The van der Waals surface area contributed by atoms with Crippen LogP contribution in [0.25, 0.3) is 10.9 Å². The first-order chi connectivity index (χ1) is 14.4. The predicted octanol–water partition coefficient (Wildman–Crippen LogP) is 4.02. The molecule has 0 aliphatic heterocycles. The van der Waals surface area contributed by atoms with E-state index in [-0.39, 0.29) is 28.1 Å². The van der Waals surface area contributed by atoms with E-state index in [4.69, 9.17) is 4.42 Å². The molecule has 2 aromatic heterocycles. The second-order valence-electron chi connectivity index (χ2n) is 7.16. The van der Waals surface area contributed by atoms with Gasteiger partial charge in [-0.1, -0.05) is 36.4 Å². The molecule has 0 fully saturated rings. The Morgan fingerprint density at radius 3 is 2.63 bits per heavy atom. The number of furan rings is 1. The number of para-hydroxylation sites is 1. The standard InChI is InChI=1S/C23H22N2O4S/c1-16-6-2-5-9-22(16)30(27,28)15-18-10-11-21(29-18)23(26)24-13-12-17-14-25-20-8-4-3-7-19(17)20/h2-11,14,25H,12-13,15H2,1H3,(H,24,26). The van der Waals surface area contributed by atoms with Gasteiger partial charge in [-0.25, -0.2) is 8.42 Å². The fraction of sp³-hybridized carbons (Fsp3) is 0.174. The van der Waals surface area contributed by atoms with Gasteiger partial charge in [-0.2, -0.15) is 0 Å². The molecule has 0 saturated heterocycles. The molecule has 2 aromatic carbocycles. The first-order valence-corrected chi connectivity index (χ1v) is 11.3. The zero-order valence-corrected chi connectivity index (χ0v) is 17.3. The summed E-state index contributed by atoms with van der Waals surface area (Å²) in [6, 6.07) is 17.8. The van der Waals surface area contributed by atoms with Gasteiger partial charge in [0.05, 0.1) is 4.90 Å². The molecule has 7 heteroatoms. The van der Waals surface area contributed by atoms with Gasteiger partial charge >= 0.3 is 0 Å². The van der Waals surface area contributed by atoms with Crippen LogP contribution < -0.4 is 5.32 Å². The second-order valence-corrected chi connectivity index (χ2v) is 9.11. The number of sulfone groups is 1. The van der Waals surface area contributed by atoms with Gasteiger partial charge < -0.3 is 14.7 Å².